The monoisotopic (exact) mass is 344 g/mol. The van der Waals surface area contributed by atoms with Crippen LogP contribution in [-0.2, 0) is 4.79 Å². The van der Waals surface area contributed by atoms with Gasteiger partial charge in [0, 0.05) is 29.6 Å². The Hall–Kier alpha value is -3.19. The van der Waals surface area contributed by atoms with E-state index in [1.807, 2.05) is 24.3 Å². The summed E-state index contributed by atoms with van der Waals surface area (Å²) in [4.78, 5) is 11.2. The maximum atomic E-state index is 11.2. The number of para-hydroxylation sites is 1. The fourth-order valence-electron chi connectivity index (χ4n) is 2.27. The summed E-state index contributed by atoms with van der Waals surface area (Å²) in [6.45, 7) is 0. The summed E-state index contributed by atoms with van der Waals surface area (Å²) in [7, 11) is 4.64. The van der Waals surface area contributed by atoms with E-state index in [0.29, 0.717) is 17.2 Å². The van der Waals surface area contributed by atoms with Gasteiger partial charge in [0.05, 0.1) is 21.3 Å². The van der Waals surface area contributed by atoms with E-state index in [-0.39, 0.29) is 0 Å². The van der Waals surface area contributed by atoms with Crippen LogP contribution in [0, 0.1) is 0 Å². The number of anilines is 2. The molecule has 132 valence electrons. The van der Waals surface area contributed by atoms with Crippen molar-refractivity contribution in [2.75, 3.05) is 26.6 Å². The number of ether oxygens (including phenoxy) is 3. The van der Waals surface area contributed by atoms with E-state index in [9.17, 15) is 4.79 Å². The van der Waals surface area contributed by atoms with Gasteiger partial charge in [-0.1, -0.05) is 18.2 Å². The summed E-state index contributed by atoms with van der Waals surface area (Å²) < 4.78 is 16.0. The molecule has 0 radical (unpaired) electrons. The normalized spacial score (nSPS) is 10.4. The van der Waals surface area contributed by atoms with Gasteiger partial charge in [-0.05, 0) is 17.7 Å². The number of methoxy groups -OCH3 is 3. The number of hydrogen-bond donors (Lipinski definition) is 3. The Kier molecular flexibility index (Phi) is 6.25. The van der Waals surface area contributed by atoms with Crippen molar-refractivity contribution in [1.82, 2.24) is 5.48 Å². The second kappa shape index (κ2) is 8.60. The highest BCUT2D eigenvalue weighted by Crippen LogP contribution is 2.40. The molecule has 3 N–H and O–H groups in total. The molecule has 0 unspecified atom stereocenters. The highest BCUT2D eigenvalue weighted by Gasteiger charge is 2.13. The van der Waals surface area contributed by atoms with E-state index in [2.05, 4.69) is 5.32 Å². The fourth-order valence-corrected chi connectivity index (χ4v) is 2.27. The highest BCUT2D eigenvalue weighted by atomic mass is 16.5. The van der Waals surface area contributed by atoms with Crippen LogP contribution < -0.4 is 25.0 Å². The van der Waals surface area contributed by atoms with Crippen molar-refractivity contribution in [3.63, 3.8) is 0 Å². The number of carbonyl (C=O) groups excluding carboxylic acids is 1. The van der Waals surface area contributed by atoms with Gasteiger partial charge >= 0.3 is 0 Å². The van der Waals surface area contributed by atoms with Gasteiger partial charge < -0.3 is 19.5 Å². The van der Waals surface area contributed by atoms with Crippen LogP contribution >= 0.6 is 0 Å². The Morgan fingerprint density at radius 2 is 1.68 bits per heavy atom. The fraction of sp³-hybridized carbons (Fsp3) is 0.167. The topological polar surface area (TPSA) is 89.1 Å². The zero-order valence-electron chi connectivity index (χ0n) is 14.2. The van der Waals surface area contributed by atoms with Crippen molar-refractivity contribution in [2.45, 2.75) is 0 Å². The smallest absolute Gasteiger partial charge is 0.267 e. The predicted molar refractivity (Wildman–Crippen MR) is 94.8 cm³/mol. The van der Waals surface area contributed by atoms with Gasteiger partial charge in [0.15, 0.2) is 11.5 Å². The van der Waals surface area contributed by atoms with Crippen LogP contribution in [-0.4, -0.2) is 32.4 Å². The number of amides is 1. The molecule has 0 aliphatic heterocycles. The lowest BCUT2D eigenvalue weighted by molar-refractivity contribution is -0.124. The molecule has 7 nitrogen and oxygen atoms in total. The van der Waals surface area contributed by atoms with E-state index in [1.54, 1.807) is 45.0 Å². The molecule has 2 rings (SSSR count). The van der Waals surface area contributed by atoms with Crippen molar-refractivity contribution in [3.8, 4) is 17.2 Å². The Labute approximate surface area is 145 Å². The van der Waals surface area contributed by atoms with Crippen molar-refractivity contribution in [3.05, 3.63) is 48.0 Å². The average molecular weight is 344 g/mol. The minimum atomic E-state index is -0.609. The summed E-state index contributed by atoms with van der Waals surface area (Å²) in [5, 5.41) is 11.8. The van der Waals surface area contributed by atoms with Gasteiger partial charge in [-0.25, -0.2) is 5.48 Å². The maximum Gasteiger partial charge on any atom is 0.267 e. The summed E-state index contributed by atoms with van der Waals surface area (Å²) >= 11 is 0. The quantitative estimate of drug-likeness (QED) is 0.406. The maximum absolute atomic E-state index is 11.2. The third kappa shape index (κ3) is 4.42. The van der Waals surface area contributed by atoms with Gasteiger partial charge in [-0.15, -0.1) is 0 Å². The summed E-state index contributed by atoms with van der Waals surface area (Å²) in [6, 6.07) is 11.0. The predicted octanol–water partition coefficient (Wildman–Crippen LogP) is 2.97. The van der Waals surface area contributed by atoms with Gasteiger partial charge in [0.1, 0.15) is 0 Å². The van der Waals surface area contributed by atoms with Crippen molar-refractivity contribution < 1.29 is 24.2 Å². The molecule has 0 heterocycles. The van der Waals surface area contributed by atoms with E-state index in [4.69, 9.17) is 19.4 Å². The second-order valence-corrected chi connectivity index (χ2v) is 4.94. The molecular weight excluding hydrogens is 324 g/mol. The minimum Gasteiger partial charge on any atom is -0.493 e. The van der Waals surface area contributed by atoms with Gasteiger partial charge in [0.2, 0.25) is 5.75 Å². The molecule has 0 saturated carbocycles. The summed E-state index contributed by atoms with van der Waals surface area (Å²) in [5.41, 5.74) is 3.80. The van der Waals surface area contributed by atoms with Crippen molar-refractivity contribution in [1.29, 1.82) is 0 Å². The zero-order valence-corrected chi connectivity index (χ0v) is 14.2. The number of hydrogen-bond acceptors (Lipinski definition) is 6. The number of rotatable bonds is 7. The van der Waals surface area contributed by atoms with Crippen LogP contribution in [0.15, 0.2) is 42.5 Å². The molecule has 0 aliphatic rings. The van der Waals surface area contributed by atoms with Crippen molar-refractivity contribution in [2.24, 2.45) is 0 Å². The van der Waals surface area contributed by atoms with Crippen LogP contribution in [0.25, 0.3) is 6.08 Å². The van der Waals surface area contributed by atoms with Crippen molar-refractivity contribution >= 4 is 23.4 Å². The SMILES string of the molecule is COc1cc(Nc2ccccc2/C=C/C(=O)NO)cc(OC)c1OC. The van der Waals surface area contributed by atoms with E-state index in [0.717, 1.165) is 16.9 Å². The minimum absolute atomic E-state index is 0.503. The van der Waals surface area contributed by atoms with Crippen LogP contribution in [0.5, 0.6) is 17.2 Å². The molecule has 25 heavy (non-hydrogen) atoms. The van der Waals surface area contributed by atoms with Crippen LogP contribution in [0.3, 0.4) is 0 Å². The lowest BCUT2D eigenvalue weighted by Gasteiger charge is -2.16. The van der Waals surface area contributed by atoms with Gasteiger partial charge in [-0.3, -0.25) is 10.0 Å². The summed E-state index contributed by atoms with van der Waals surface area (Å²) in [6.07, 6.45) is 2.82. The highest BCUT2D eigenvalue weighted by molar-refractivity contribution is 5.92. The first-order chi connectivity index (χ1) is 12.1. The third-order valence-corrected chi connectivity index (χ3v) is 3.43. The lowest BCUT2D eigenvalue weighted by atomic mass is 10.1. The largest absolute Gasteiger partial charge is 0.493 e. The van der Waals surface area contributed by atoms with Gasteiger partial charge in [-0.2, -0.15) is 0 Å². The third-order valence-electron chi connectivity index (χ3n) is 3.43. The molecule has 0 atom stereocenters. The molecule has 1 amide bonds. The molecule has 0 aromatic heterocycles. The molecule has 0 bridgehead atoms. The molecule has 2 aromatic carbocycles. The average Bonchev–Trinajstić information content (AvgIpc) is 2.66. The number of benzene rings is 2. The van der Waals surface area contributed by atoms with E-state index >= 15 is 0 Å². The second-order valence-electron chi connectivity index (χ2n) is 4.94. The van der Waals surface area contributed by atoms with E-state index in [1.165, 1.54) is 6.08 Å². The Balaban J connectivity index is 2.37. The number of nitrogens with one attached hydrogen (secondary N) is 2. The van der Waals surface area contributed by atoms with E-state index < -0.39 is 5.91 Å². The Morgan fingerprint density at radius 3 is 2.24 bits per heavy atom. The van der Waals surface area contributed by atoms with Gasteiger partial charge in [0.25, 0.3) is 5.91 Å². The molecule has 0 fully saturated rings. The molecule has 2 aromatic rings. The Bertz CT molecular complexity index is 749. The zero-order chi connectivity index (χ0) is 18.2. The molecule has 7 heteroatoms. The number of carbonyl (C=O) groups is 1. The summed E-state index contributed by atoms with van der Waals surface area (Å²) in [5.74, 6) is 0.944. The lowest BCUT2D eigenvalue weighted by Crippen LogP contribution is -2.14. The van der Waals surface area contributed by atoms with Crippen LogP contribution in [0.2, 0.25) is 0 Å². The van der Waals surface area contributed by atoms with Crippen LogP contribution in [0.1, 0.15) is 5.56 Å². The standard InChI is InChI=1S/C18H20N2O5/c1-23-15-10-13(11-16(24-2)18(15)25-3)19-14-7-5-4-6-12(14)8-9-17(21)20-22/h4-11,19,22H,1-3H3,(H,20,21)/b9-8+. The first kappa shape index (κ1) is 18.2. The van der Waals surface area contributed by atoms with Crippen LogP contribution in [0.4, 0.5) is 11.4 Å². The number of hydroxylamine groups is 1. The first-order valence-corrected chi connectivity index (χ1v) is 7.41. The Morgan fingerprint density at radius 1 is 1.04 bits per heavy atom. The molecule has 0 saturated heterocycles. The molecule has 0 aliphatic carbocycles. The first-order valence-electron chi connectivity index (χ1n) is 7.41. The molecular formula is C18H20N2O5. The molecule has 0 spiro atoms.